The van der Waals surface area contributed by atoms with Gasteiger partial charge in [-0.05, 0) is 56.0 Å². The van der Waals surface area contributed by atoms with E-state index in [4.69, 9.17) is 5.73 Å². The molecule has 3 N–H and O–H groups in total. The second-order valence-electron chi connectivity index (χ2n) is 7.09. The second kappa shape index (κ2) is 7.08. The van der Waals surface area contributed by atoms with E-state index in [-0.39, 0.29) is 18.0 Å². The van der Waals surface area contributed by atoms with Crippen molar-refractivity contribution in [2.75, 3.05) is 17.7 Å². The van der Waals surface area contributed by atoms with Gasteiger partial charge in [0.1, 0.15) is 17.7 Å². The zero-order chi connectivity index (χ0) is 19.0. The molecule has 0 atom stereocenters. The van der Waals surface area contributed by atoms with Crippen LogP contribution in [0.2, 0.25) is 0 Å². The lowest BCUT2D eigenvalue weighted by atomic mass is 9.92. The van der Waals surface area contributed by atoms with Crippen molar-refractivity contribution < 1.29 is 9.50 Å². The number of benzene rings is 1. The first kappa shape index (κ1) is 17.6. The highest BCUT2D eigenvalue weighted by molar-refractivity contribution is 5.86. The normalized spacial score (nSPS) is 20.0. The number of nitrogen functional groups attached to an aromatic ring is 1. The molecule has 2 heterocycles. The summed E-state index contributed by atoms with van der Waals surface area (Å²) in [7, 11) is 1.97. The Morgan fingerprint density at radius 1 is 1.11 bits per heavy atom. The predicted molar refractivity (Wildman–Crippen MR) is 104 cm³/mol. The molecule has 1 fully saturated rings. The highest BCUT2D eigenvalue weighted by atomic mass is 19.1. The lowest BCUT2D eigenvalue weighted by Crippen LogP contribution is -2.36. The van der Waals surface area contributed by atoms with Gasteiger partial charge in [-0.25, -0.2) is 19.3 Å². The summed E-state index contributed by atoms with van der Waals surface area (Å²) in [6.45, 7) is 0. The van der Waals surface area contributed by atoms with Crippen molar-refractivity contribution in [2.45, 2.75) is 37.8 Å². The third kappa shape index (κ3) is 3.55. The molecule has 0 amide bonds. The van der Waals surface area contributed by atoms with Crippen molar-refractivity contribution in [3.63, 3.8) is 0 Å². The summed E-state index contributed by atoms with van der Waals surface area (Å²) in [6, 6.07) is 8.85. The highest BCUT2D eigenvalue weighted by Crippen LogP contribution is 2.31. The van der Waals surface area contributed by atoms with Crippen LogP contribution < -0.4 is 10.6 Å². The molecule has 140 valence electrons. The first-order valence-corrected chi connectivity index (χ1v) is 9.10. The molecule has 2 aromatic heterocycles. The van der Waals surface area contributed by atoms with Crippen molar-refractivity contribution in [3.05, 3.63) is 42.5 Å². The lowest BCUT2D eigenvalue weighted by Gasteiger charge is -2.34. The summed E-state index contributed by atoms with van der Waals surface area (Å²) in [5.41, 5.74) is 9.16. The molecule has 1 aliphatic rings. The zero-order valence-corrected chi connectivity index (χ0v) is 15.1. The van der Waals surface area contributed by atoms with Gasteiger partial charge in [0.25, 0.3) is 0 Å². The number of aliphatic hydroxyl groups is 1. The minimum absolute atomic E-state index is 0.216. The molecule has 0 spiro atoms. The monoisotopic (exact) mass is 367 g/mol. The third-order valence-corrected chi connectivity index (χ3v) is 5.31. The standard InChI is InChI=1S/C20H22FN5O/c1-26(14-2-4-16(27)5-3-14)15-9-12(8-13(21)10-15)17-6-7-18-19(25-17)20(22)24-11-23-18/h6-11,14,16,27H,2-5H2,1H3,(H2,22,23,24). The average molecular weight is 367 g/mol. The third-order valence-electron chi connectivity index (χ3n) is 5.31. The Kier molecular flexibility index (Phi) is 4.61. The molecular weight excluding hydrogens is 345 g/mol. The molecule has 1 saturated carbocycles. The van der Waals surface area contributed by atoms with Gasteiger partial charge in [-0.1, -0.05) is 0 Å². The summed E-state index contributed by atoms with van der Waals surface area (Å²) in [5, 5.41) is 9.72. The van der Waals surface area contributed by atoms with Crippen molar-refractivity contribution in [1.29, 1.82) is 0 Å². The second-order valence-corrected chi connectivity index (χ2v) is 7.09. The summed E-state index contributed by atoms with van der Waals surface area (Å²) in [5.74, 6) is -0.0132. The number of hydrogen-bond donors (Lipinski definition) is 2. The van der Waals surface area contributed by atoms with Crippen LogP contribution in [0.25, 0.3) is 22.3 Å². The van der Waals surface area contributed by atoms with E-state index < -0.39 is 0 Å². The number of rotatable bonds is 3. The predicted octanol–water partition coefficient (Wildman–Crippen LogP) is 3.15. The van der Waals surface area contributed by atoms with Gasteiger partial charge in [0.15, 0.2) is 5.82 Å². The number of pyridine rings is 1. The van der Waals surface area contributed by atoms with Gasteiger partial charge >= 0.3 is 0 Å². The van der Waals surface area contributed by atoms with Crippen LogP contribution in [-0.2, 0) is 0 Å². The van der Waals surface area contributed by atoms with Gasteiger partial charge in [0, 0.05) is 24.3 Å². The van der Waals surface area contributed by atoms with Crippen LogP contribution in [0.1, 0.15) is 25.7 Å². The van der Waals surface area contributed by atoms with Gasteiger partial charge < -0.3 is 15.7 Å². The number of fused-ring (bicyclic) bond motifs is 1. The maximum absolute atomic E-state index is 14.4. The van der Waals surface area contributed by atoms with E-state index in [9.17, 15) is 9.50 Å². The maximum atomic E-state index is 14.4. The number of aliphatic hydroxyl groups excluding tert-OH is 1. The Morgan fingerprint density at radius 2 is 1.89 bits per heavy atom. The van der Waals surface area contributed by atoms with Crippen molar-refractivity contribution in [3.8, 4) is 11.3 Å². The zero-order valence-electron chi connectivity index (χ0n) is 15.1. The van der Waals surface area contributed by atoms with E-state index in [1.807, 2.05) is 25.2 Å². The number of aromatic nitrogens is 3. The minimum atomic E-state index is -0.315. The Morgan fingerprint density at radius 3 is 2.67 bits per heavy atom. The van der Waals surface area contributed by atoms with E-state index >= 15 is 0 Å². The first-order valence-electron chi connectivity index (χ1n) is 9.10. The minimum Gasteiger partial charge on any atom is -0.393 e. The number of hydrogen-bond acceptors (Lipinski definition) is 6. The Labute approximate surface area is 156 Å². The topological polar surface area (TPSA) is 88.2 Å². The molecule has 1 aliphatic carbocycles. The number of nitrogens with two attached hydrogens (primary N) is 1. The van der Waals surface area contributed by atoms with E-state index in [0.29, 0.717) is 28.1 Å². The first-order chi connectivity index (χ1) is 13.0. The van der Waals surface area contributed by atoms with E-state index in [2.05, 4.69) is 19.9 Å². The van der Waals surface area contributed by atoms with Crippen LogP contribution in [0.5, 0.6) is 0 Å². The molecule has 0 radical (unpaired) electrons. The summed E-state index contributed by atoms with van der Waals surface area (Å²) in [4.78, 5) is 14.8. The quantitative estimate of drug-likeness (QED) is 0.739. The maximum Gasteiger partial charge on any atom is 0.153 e. The highest BCUT2D eigenvalue weighted by Gasteiger charge is 2.23. The van der Waals surface area contributed by atoms with E-state index in [1.54, 1.807) is 0 Å². The van der Waals surface area contributed by atoms with Gasteiger partial charge in [0.05, 0.1) is 17.3 Å². The molecule has 0 bridgehead atoms. The lowest BCUT2D eigenvalue weighted by molar-refractivity contribution is 0.122. The fraction of sp³-hybridized carbons (Fsp3) is 0.350. The molecule has 0 unspecified atom stereocenters. The number of nitrogens with zero attached hydrogens (tertiary/aromatic N) is 4. The van der Waals surface area contributed by atoms with Crippen LogP contribution in [-0.4, -0.2) is 39.3 Å². The largest absolute Gasteiger partial charge is 0.393 e. The molecular formula is C20H22FN5O. The summed E-state index contributed by atoms with van der Waals surface area (Å²) in [6.07, 6.45) is 4.53. The summed E-state index contributed by atoms with van der Waals surface area (Å²) >= 11 is 0. The van der Waals surface area contributed by atoms with Gasteiger partial charge in [-0.15, -0.1) is 0 Å². The molecule has 4 rings (SSSR count). The fourth-order valence-corrected chi connectivity index (χ4v) is 3.70. The molecule has 7 heteroatoms. The van der Waals surface area contributed by atoms with E-state index in [0.717, 1.165) is 31.4 Å². The molecule has 27 heavy (non-hydrogen) atoms. The molecule has 3 aromatic rings. The van der Waals surface area contributed by atoms with Gasteiger partial charge in [0.2, 0.25) is 0 Å². The fourth-order valence-electron chi connectivity index (χ4n) is 3.70. The molecule has 0 aliphatic heterocycles. The number of halogens is 1. The summed E-state index contributed by atoms with van der Waals surface area (Å²) < 4.78 is 14.4. The average Bonchev–Trinajstić information content (AvgIpc) is 2.67. The van der Waals surface area contributed by atoms with Crippen LogP contribution in [0, 0.1) is 5.82 Å². The van der Waals surface area contributed by atoms with E-state index in [1.165, 1.54) is 18.5 Å². The van der Waals surface area contributed by atoms with Gasteiger partial charge in [-0.2, -0.15) is 0 Å². The van der Waals surface area contributed by atoms with Crippen LogP contribution in [0.4, 0.5) is 15.9 Å². The smallest absolute Gasteiger partial charge is 0.153 e. The van der Waals surface area contributed by atoms with Crippen LogP contribution in [0.15, 0.2) is 36.7 Å². The van der Waals surface area contributed by atoms with Crippen LogP contribution in [0.3, 0.4) is 0 Å². The number of anilines is 2. The SMILES string of the molecule is CN(c1cc(F)cc(-c2ccc3ncnc(N)c3n2)c1)C1CCC(O)CC1. The Bertz CT molecular complexity index is 972. The Balaban J connectivity index is 1.69. The van der Waals surface area contributed by atoms with Crippen LogP contribution >= 0.6 is 0 Å². The van der Waals surface area contributed by atoms with Gasteiger partial charge in [-0.3, -0.25) is 0 Å². The molecule has 1 aromatic carbocycles. The Hall–Kier alpha value is -2.80. The van der Waals surface area contributed by atoms with Crippen molar-refractivity contribution in [2.24, 2.45) is 0 Å². The van der Waals surface area contributed by atoms with Crippen molar-refractivity contribution in [1.82, 2.24) is 15.0 Å². The molecule has 6 nitrogen and oxygen atoms in total. The van der Waals surface area contributed by atoms with Crippen molar-refractivity contribution >= 4 is 22.5 Å². The molecule has 0 saturated heterocycles.